The van der Waals surface area contributed by atoms with Gasteiger partial charge in [0.1, 0.15) is 0 Å². The maximum absolute atomic E-state index is 12.4. The lowest BCUT2D eigenvalue weighted by Gasteiger charge is -2.48. The largest absolute Gasteiger partial charge is 0.338 e. The van der Waals surface area contributed by atoms with Crippen molar-refractivity contribution in [3.05, 3.63) is 42.2 Å². The second kappa shape index (κ2) is 7.91. The van der Waals surface area contributed by atoms with Crippen LogP contribution in [0.1, 0.15) is 50.5 Å². The van der Waals surface area contributed by atoms with E-state index in [0.717, 1.165) is 31.8 Å². The van der Waals surface area contributed by atoms with Gasteiger partial charge in [-0.1, -0.05) is 12.2 Å². The van der Waals surface area contributed by atoms with E-state index in [9.17, 15) is 4.79 Å². The summed E-state index contributed by atoms with van der Waals surface area (Å²) in [5.41, 5.74) is 1.54. The number of hydrogen-bond donors (Lipinski definition) is 0. The van der Waals surface area contributed by atoms with Gasteiger partial charge in [-0.15, -0.1) is 0 Å². The van der Waals surface area contributed by atoms with Crippen LogP contribution in [0.25, 0.3) is 0 Å². The number of likely N-dealkylation sites (tertiary alicyclic amines) is 2. The van der Waals surface area contributed by atoms with Gasteiger partial charge in [-0.3, -0.25) is 9.78 Å². The van der Waals surface area contributed by atoms with Crippen LogP contribution < -0.4 is 0 Å². The highest BCUT2D eigenvalue weighted by atomic mass is 16.2. The van der Waals surface area contributed by atoms with Crippen molar-refractivity contribution in [1.29, 1.82) is 0 Å². The Bertz CT molecular complexity index is 634. The molecule has 1 aromatic heterocycles. The fraction of sp³-hybridized carbons (Fsp3) is 0.636. The van der Waals surface area contributed by atoms with E-state index in [0.29, 0.717) is 11.3 Å². The van der Waals surface area contributed by atoms with Gasteiger partial charge >= 0.3 is 0 Å². The van der Waals surface area contributed by atoms with Gasteiger partial charge in [0.2, 0.25) is 5.91 Å². The van der Waals surface area contributed by atoms with E-state index in [4.69, 9.17) is 0 Å². The van der Waals surface area contributed by atoms with Crippen LogP contribution in [-0.2, 0) is 11.3 Å². The molecular weight excluding hydrogens is 322 g/mol. The standard InChI is InChI=1S/C22H31N3O/c26-21-6-9-22(18-25(21)17-20-7-12-23-13-8-20)10-14-24(15-11-22)16-19-4-2-1-3-5-19/h1-2,7-8,12-13,19H,3-6,9-11,14-18H2. The number of pyridine rings is 1. The molecular formula is C22H31N3O. The highest BCUT2D eigenvalue weighted by molar-refractivity contribution is 5.77. The minimum atomic E-state index is 0.323. The van der Waals surface area contributed by atoms with Crippen molar-refractivity contribution >= 4 is 5.91 Å². The van der Waals surface area contributed by atoms with Gasteiger partial charge in [0.05, 0.1) is 0 Å². The molecule has 0 radical (unpaired) electrons. The number of hydrogen-bond acceptors (Lipinski definition) is 3. The molecule has 3 aliphatic rings. The van der Waals surface area contributed by atoms with Gasteiger partial charge in [-0.05, 0) is 80.6 Å². The smallest absolute Gasteiger partial charge is 0.222 e. The molecule has 140 valence electrons. The molecule has 4 nitrogen and oxygen atoms in total. The van der Waals surface area contributed by atoms with Crippen LogP contribution in [0.4, 0.5) is 0 Å². The third kappa shape index (κ3) is 4.17. The molecule has 4 rings (SSSR count). The average Bonchev–Trinajstić information content (AvgIpc) is 2.69. The molecule has 0 aromatic carbocycles. The first-order chi connectivity index (χ1) is 12.7. The fourth-order valence-electron chi connectivity index (χ4n) is 4.96. The maximum atomic E-state index is 12.4. The number of piperidine rings is 2. The molecule has 2 fully saturated rings. The lowest BCUT2D eigenvalue weighted by Crippen LogP contribution is -2.51. The first kappa shape index (κ1) is 17.7. The molecule has 0 bridgehead atoms. The molecule has 1 atom stereocenters. The van der Waals surface area contributed by atoms with E-state index in [2.05, 4.69) is 26.9 Å². The SMILES string of the molecule is O=C1CCC2(CCN(CC3CC=CCC3)CC2)CN1Cc1ccncc1. The molecule has 1 amide bonds. The number of rotatable bonds is 4. The van der Waals surface area contributed by atoms with E-state index >= 15 is 0 Å². The summed E-state index contributed by atoms with van der Waals surface area (Å²) in [7, 11) is 0. The third-order valence-electron chi connectivity index (χ3n) is 6.68. The number of carbonyl (C=O) groups excluding carboxylic acids is 1. The highest BCUT2D eigenvalue weighted by Crippen LogP contribution is 2.41. The van der Waals surface area contributed by atoms with E-state index < -0.39 is 0 Å². The summed E-state index contributed by atoms with van der Waals surface area (Å²) in [5, 5.41) is 0. The number of allylic oxidation sites excluding steroid dienone is 2. The number of nitrogens with zero attached hydrogens (tertiary/aromatic N) is 3. The summed E-state index contributed by atoms with van der Waals surface area (Å²) >= 11 is 0. The zero-order valence-corrected chi connectivity index (χ0v) is 15.8. The first-order valence-electron chi connectivity index (χ1n) is 10.3. The minimum absolute atomic E-state index is 0.323. The lowest BCUT2D eigenvalue weighted by atomic mass is 9.72. The Labute approximate surface area is 157 Å². The van der Waals surface area contributed by atoms with Crippen LogP contribution in [0.15, 0.2) is 36.7 Å². The van der Waals surface area contributed by atoms with Crippen LogP contribution in [0.3, 0.4) is 0 Å². The van der Waals surface area contributed by atoms with Gasteiger partial charge in [-0.25, -0.2) is 0 Å². The van der Waals surface area contributed by atoms with Crippen molar-refractivity contribution in [3.8, 4) is 0 Å². The van der Waals surface area contributed by atoms with Crippen LogP contribution in [0.5, 0.6) is 0 Å². The van der Waals surface area contributed by atoms with Crippen molar-refractivity contribution < 1.29 is 4.79 Å². The second-order valence-corrected chi connectivity index (χ2v) is 8.56. The Kier molecular flexibility index (Phi) is 5.39. The summed E-state index contributed by atoms with van der Waals surface area (Å²) in [6.07, 6.45) is 16.5. The summed E-state index contributed by atoms with van der Waals surface area (Å²) in [4.78, 5) is 21.3. The minimum Gasteiger partial charge on any atom is -0.338 e. The molecule has 2 saturated heterocycles. The summed E-state index contributed by atoms with van der Waals surface area (Å²) in [6, 6.07) is 4.05. The van der Waals surface area contributed by atoms with Crippen molar-refractivity contribution in [2.75, 3.05) is 26.2 Å². The number of amides is 1. The zero-order chi connectivity index (χ0) is 17.8. The van der Waals surface area contributed by atoms with E-state index in [1.54, 1.807) is 0 Å². The molecule has 2 aliphatic heterocycles. The molecule has 0 saturated carbocycles. The second-order valence-electron chi connectivity index (χ2n) is 8.56. The van der Waals surface area contributed by atoms with Crippen LogP contribution >= 0.6 is 0 Å². The maximum Gasteiger partial charge on any atom is 0.222 e. The van der Waals surface area contributed by atoms with Crippen molar-refractivity contribution in [1.82, 2.24) is 14.8 Å². The monoisotopic (exact) mass is 353 g/mol. The first-order valence-corrected chi connectivity index (χ1v) is 10.3. The molecule has 1 aromatic rings. The Hall–Kier alpha value is -1.68. The van der Waals surface area contributed by atoms with E-state index in [-0.39, 0.29) is 0 Å². The Morgan fingerprint density at radius 1 is 1.12 bits per heavy atom. The Balaban J connectivity index is 1.32. The molecule has 1 unspecified atom stereocenters. The average molecular weight is 354 g/mol. The predicted octanol–water partition coefficient (Wildman–Crippen LogP) is 3.64. The van der Waals surface area contributed by atoms with E-state index in [1.165, 1.54) is 57.3 Å². The molecule has 4 heteroatoms. The van der Waals surface area contributed by atoms with Crippen molar-refractivity contribution in [2.24, 2.45) is 11.3 Å². The van der Waals surface area contributed by atoms with Gasteiger partial charge < -0.3 is 9.80 Å². The van der Waals surface area contributed by atoms with Gasteiger partial charge in [0, 0.05) is 38.4 Å². The van der Waals surface area contributed by atoms with Gasteiger partial charge in [0.15, 0.2) is 0 Å². The molecule has 1 spiro atoms. The fourth-order valence-corrected chi connectivity index (χ4v) is 4.96. The highest BCUT2D eigenvalue weighted by Gasteiger charge is 2.41. The molecule has 26 heavy (non-hydrogen) atoms. The summed E-state index contributed by atoms with van der Waals surface area (Å²) < 4.78 is 0. The Morgan fingerprint density at radius 3 is 2.65 bits per heavy atom. The van der Waals surface area contributed by atoms with Crippen molar-refractivity contribution in [3.63, 3.8) is 0 Å². The summed E-state index contributed by atoms with van der Waals surface area (Å²) in [5.74, 6) is 1.18. The molecule has 3 heterocycles. The van der Waals surface area contributed by atoms with E-state index in [1.807, 2.05) is 24.5 Å². The predicted molar refractivity (Wildman–Crippen MR) is 103 cm³/mol. The van der Waals surface area contributed by atoms with Crippen molar-refractivity contribution in [2.45, 2.75) is 51.5 Å². The molecule has 0 N–H and O–H groups in total. The topological polar surface area (TPSA) is 36.4 Å². The number of carbonyl (C=O) groups is 1. The zero-order valence-electron chi connectivity index (χ0n) is 15.8. The third-order valence-corrected chi connectivity index (χ3v) is 6.68. The lowest BCUT2D eigenvalue weighted by molar-refractivity contribution is -0.140. The summed E-state index contributed by atoms with van der Waals surface area (Å²) in [6.45, 7) is 5.35. The normalized spacial score (nSPS) is 26.4. The molecule has 1 aliphatic carbocycles. The van der Waals surface area contributed by atoms with Crippen LogP contribution in [0.2, 0.25) is 0 Å². The van der Waals surface area contributed by atoms with Crippen LogP contribution in [-0.4, -0.2) is 46.9 Å². The van der Waals surface area contributed by atoms with Gasteiger partial charge in [-0.2, -0.15) is 0 Å². The van der Waals surface area contributed by atoms with Gasteiger partial charge in [0.25, 0.3) is 0 Å². The Morgan fingerprint density at radius 2 is 1.92 bits per heavy atom. The number of aromatic nitrogens is 1. The quantitative estimate of drug-likeness (QED) is 0.776. The van der Waals surface area contributed by atoms with Crippen LogP contribution in [0, 0.1) is 11.3 Å².